The zero-order valence-corrected chi connectivity index (χ0v) is 6.79. The fraction of sp³-hybridized carbons (Fsp3) is 0.857. The van der Waals surface area contributed by atoms with E-state index in [4.69, 9.17) is 5.11 Å². The van der Waals surface area contributed by atoms with Crippen LogP contribution in [0.4, 0.5) is 0 Å². The number of carbonyl (C=O) groups is 1. The Morgan fingerprint density at radius 1 is 1.80 bits per heavy atom. The Kier molecular flexibility index (Phi) is 4.03. The molecule has 0 radical (unpaired) electrons. The molecule has 3 heteroatoms. The molecule has 0 spiro atoms. The molecule has 2 unspecified atom stereocenters. The Morgan fingerprint density at radius 3 is 2.00 bits per heavy atom. The zero-order chi connectivity index (χ0) is 8.15. The van der Waals surface area contributed by atoms with Crippen molar-refractivity contribution in [2.24, 2.45) is 0 Å². The average Bonchev–Trinajstić information content (AvgIpc) is 2.47. The average molecular weight is 145 g/mol. The van der Waals surface area contributed by atoms with Crippen LogP contribution in [0.1, 0.15) is 20.3 Å². The maximum atomic E-state index is 9.37. The molecule has 10 heavy (non-hydrogen) atoms. The smallest absolute Gasteiger partial charge is 0.303 e. The summed E-state index contributed by atoms with van der Waals surface area (Å²) in [7, 11) is 2.13. The van der Waals surface area contributed by atoms with Gasteiger partial charge >= 0.3 is 5.97 Å². The van der Waals surface area contributed by atoms with Crippen molar-refractivity contribution in [1.82, 2.24) is 4.90 Å². The molecule has 60 valence electrons. The highest BCUT2D eigenvalue weighted by Crippen LogP contribution is 2.09. The fourth-order valence-electron chi connectivity index (χ4n) is 0.370. The predicted octanol–water partition coefficient (Wildman–Crippen LogP) is 0.801. The number of carboxylic acids is 1. The van der Waals surface area contributed by atoms with Crippen molar-refractivity contribution < 1.29 is 9.90 Å². The zero-order valence-electron chi connectivity index (χ0n) is 6.79. The maximum absolute atomic E-state index is 9.37. The molecule has 0 amide bonds. The molecule has 0 aromatic carbocycles. The predicted molar refractivity (Wildman–Crippen MR) is 40.0 cm³/mol. The first kappa shape index (κ1) is 9.43. The molecule has 1 heterocycles. The van der Waals surface area contributed by atoms with Crippen molar-refractivity contribution >= 4 is 5.97 Å². The molecule has 1 saturated heterocycles. The molecule has 1 fully saturated rings. The van der Waals surface area contributed by atoms with Gasteiger partial charge in [0.15, 0.2) is 0 Å². The molecule has 3 nitrogen and oxygen atoms in total. The molecule has 2 atom stereocenters. The molecular formula is C7H15NO2. The van der Waals surface area contributed by atoms with Gasteiger partial charge in [-0.3, -0.25) is 4.79 Å². The molecule has 0 aromatic heterocycles. The van der Waals surface area contributed by atoms with E-state index in [2.05, 4.69) is 18.9 Å². The van der Waals surface area contributed by atoms with Crippen LogP contribution in [0.25, 0.3) is 0 Å². The minimum atomic E-state index is -0.745. The largest absolute Gasteiger partial charge is 0.481 e. The molecule has 0 bridgehead atoms. The highest BCUT2D eigenvalue weighted by molar-refractivity contribution is 5.66. The van der Waals surface area contributed by atoms with Crippen molar-refractivity contribution in [3.8, 4) is 0 Å². The van der Waals surface area contributed by atoms with Gasteiger partial charge in [0.25, 0.3) is 0 Å². The molecule has 0 aromatic rings. The molecule has 0 saturated carbocycles. The van der Waals surface area contributed by atoms with Crippen molar-refractivity contribution in [3.05, 3.63) is 0 Å². The summed E-state index contributed by atoms with van der Waals surface area (Å²) in [6.07, 6.45) is 0.222. The van der Waals surface area contributed by atoms with Crippen molar-refractivity contribution in [2.45, 2.75) is 26.3 Å². The third-order valence-corrected chi connectivity index (χ3v) is 1.47. The van der Waals surface area contributed by atoms with Gasteiger partial charge < -0.3 is 10.0 Å². The van der Waals surface area contributed by atoms with Crippen LogP contribution in [-0.2, 0) is 4.79 Å². The summed E-state index contributed by atoms with van der Waals surface area (Å²) in [6, 6.07) is 0.884. The molecular weight excluding hydrogens is 130 g/mol. The number of nitrogens with zero attached hydrogens (tertiary/aromatic N) is 1. The van der Waals surface area contributed by atoms with Gasteiger partial charge in [-0.2, -0.15) is 0 Å². The van der Waals surface area contributed by atoms with Crippen LogP contribution >= 0.6 is 0 Å². The second kappa shape index (κ2) is 4.28. The first-order valence-corrected chi connectivity index (χ1v) is 3.50. The summed E-state index contributed by atoms with van der Waals surface area (Å²) in [4.78, 5) is 11.7. The summed E-state index contributed by atoms with van der Waals surface area (Å²) in [5, 5.41) is 7.72. The number of hydrogen-bond acceptors (Lipinski definition) is 2. The van der Waals surface area contributed by atoms with Crippen LogP contribution in [0.3, 0.4) is 0 Å². The Labute approximate surface area is 61.6 Å². The quantitative estimate of drug-likeness (QED) is 0.555. The van der Waals surface area contributed by atoms with Gasteiger partial charge in [-0.1, -0.05) is 6.92 Å². The molecule has 1 rings (SSSR count). The second-order valence-corrected chi connectivity index (χ2v) is 2.54. The second-order valence-electron chi connectivity index (χ2n) is 2.54. The SMILES string of the molecule is CC1CN1C.CCC(=O)O. The first-order chi connectivity index (χ1) is 4.57. The van der Waals surface area contributed by atoms with E-state index in [1.54, 1.807) is 6.92 Å². The van der Waals surface area contributed by atoms with Crippen LogP contribution in [0, 0.1) is 0 Å². The van der Waals surface area contributed by atoms with Gasteiger partial charge in [0.05, 0.1) is 0 Å². The summed E-state index contributed by atoms with van der Waals surface area (Å²) in [6.45, 7) is 5.13. The minimum absolute atomic E-state index is 0.222. The molecule has 1 aliphatic rings. The van der Waals surface area contributed by atoms with Crippen LogP contribution in [0.2, 0.25) is 0 Å². The van der Waals surface area contributed by atoms with Crippen molar-refractivity contribution in [3.63, 3.8) is 0 Å². The highest BCUT2D eigenvalue weighted by atomic mass is 16.4. The Hall–Kier alpha value is -0.570. The summed E-state index contributed by atoms with van der Waals surface area (Å²) >= 11 is 0. The number of hydrogen-bond donors (Lipinski definition) is 1. The van der Waals surface area contributed by atoms with Gasteiger partial charge in [0, 0.05) is 19.0 Å². The van der Waals surface area contributed by atoms with E-state index in [0.717, 1.165) is 6.04 Å². The Bertz CT molecular complexity index is 108. The molecule has 0 aliphatic carbocycles. The van der Waals surface area contributed by atoms with Crippen LogP contribution in [-0.4, -0.2) is 35.6 Å². The fourth-order valence-corrected chi connectivity index (χ4v) is 0.370. The lowest BCUT2D eigenvalue weighted by molar-refractivity contribution is -0.136. The van der Waals surface area contributed by atoms with Crippen molar-refractivity contribution in [1.29, 1.82) is 0 Å². The van der Waals surface area contributed by atoms with Gasteiger partial charge in [0.1, 0.15) is 0 Å². The highest BCUT2D eigenvalue weighted by Gasteiger charge is 2.22. The third-order valence-electron chi connectivity index (χ3n) is 1.47. The van der Waals surface area contributed by atoms with E-state index in [1.165, 1.54) is 6.54 Å². The third kappa shape index (κ3) is 5.56. The number of likely N-dealkylation sites (N-methyl/N-ethyl adjacent to an activating group) is 1. The first-order valence-electron chi connectivity index (χ1n) is 3.50. The lowest BCUT2D eigenvalue weighted by Crippen LogP contribution is -1.86. The van der Waals surface area contributed by atoms with Gasteiger partial charge in [-0.25, -0.2) is 0 Å². The normalized spacial score (nSPS) is 28.3. The van der Waals surface area contributed by atoms with Crippen LogP contribution < -0.4 is 0 Å². The Morgan fingerprint density at radius 2 is 2.00 bits per heavy atom. The van der Waals surface area contributed by atoms with E-state index in [1.807, 2.05) is 0 Å². The van der Waals surface area contributed by atoms with E-state index >= 15 is 0 Å². The van der Waals surface area contributed by atoms with Gasteiger partial charge in [-0.15, -0.1) is 0 Å². The van der Waals surface area contributed by atoms with E-state index in [-0.39, 0.29) is 6.42 Å². The standard InChI is InChI=1S/C4H9N.C3H6O2/c1-4-3-5(4)2;1-2-3(4)5/h4H,3H2,1-2H3;2H2,1H3,(H,4,5). The lowest BCUT2D eigenvalue weighted by Gasteiger charge is -1.75. The monoisotopic (exact) mass is 145 g/mol. The number of rotatable bonds is 1. The summed E-state index contributed by atoms with van der Waals surface area (Å²) in [5.41, 5.74) is 0. The Balaban J connectivity index is 0.000000162. The van der Waals surface area contributed by atoms with Crippen LogP contribution in [0.15, 0.2) is 0 Å². The minimum Gasteiger partial charge on any atom is -0.481 e. The maximum Gasteiger partial charge on any atom is 0.303 e. The van der Waals surface area contributed by atoms with E-state index in [9.17, 15) is 4.79 Å². The van der Waals surface area contributed by atoms with Crippen LogP contribution in [0.5, 0.6) is 0 Å². The number of carboxylic acid groups (broad SMARTS) is 1. The summed E-state index contributed by atoms with van der Waals surface area (Å²) < 4.78 is 0. The van der Waals surface area contributed by atoms with Crippen molar-refractivity contribution in [2.75, 3.05) is 13.6 Å². The summed E-state index contributed by atoms with van der Waals surface area (Å²) in [5.74, 6) is -0.745. The lowest BCUT2D eigenvalue weighted by atomic mass is 10.5. The van der Waals surface area contributed by atoms with Gasteiger partial charge in [0.2, 0.25) is 0 Å². The van der Waals surface area contributed by atoms with E-state index in [0.29, 0.717) is 0 Å². The van der Waals surface area contributed by atoms with Gasteiger partial charge in [-0.05, 0) is 14.0 Å². The molecule has 1 aliphatic heterocycles. The topological polar surface area (TPSA) is 40.3 Å². The van der Waals surface area contributed by atoms with E-state index < -0.39 is 5.97 Å². The number of aliphatic carboxylic acids is 1. The molecule has 1 N–H and O–H groups in total.